The maximum atomic E-state index is 12.6. The van der Waals surface area contributed by atoms with Crippen LogP contribution in [0.3, 0.4) is 0 Å². The van der Waals surface area contributed by atoms with Gasteiger partial charge in [-0.15, -0.1) is 0 Å². The van der Waals surface area contributed by atoms with Crippen LogP contribution in [0.25, 0.3) is 11.4 Å². The zero-order valence-corrected chi connectivity index (χ0v) is 16.3. The van der Waals surface area contributed by atoms with Crippen molar-refractivity contribution >= 4 is 6.09 Å². The van der Waals surface area contributed by atoms with Crippen LogP contribution in [0.4, 0.5) is 18.0 Å². The fraction of sp³-hybridized carbons (Fsp3) is 0.526. The van der Waals surface area contributed by atoms with Crippen molar-refractivity contribution in [2.45, 2.75) is 51.5 Å². The molecule has 0 spiro atoms. The highest BCUT2D eigenvalue weighted by Crippen LogP contribution is 2.30. The summed E-state index contributed by atoms with van der Waals surface area (Å²) in [5, 5.41) is 3.35. The van der Waals surface area contributed by atoms with Gasteiger partial charge < -0.3 is 18.9 Å². The van der Waals surface area contributed by atoms with Gasteiger partial charge in [0.25, 0.3) is 0 Å². The van der Waals surface area contributed by atoms with Gasteiger partial charge in [-0.3, -0.25) is 0 Å². The lowest BCUT2D eigenvalue weighted by Crippen LogP contribution is -2.44. The van der Waals surface area contributed by atoms with Crippen molar-refractivity contribution in [2.75, 3.05) is 13.1 Å². The van der Waals surface area contributed by atoms with Crippen LogP contribution in [-0.2, 0) is 10.9 Å². The van der Waals surface area contributed by atoms with Gasteiger partial charge in [-0.25, -0.2) is 4.79 Å². The molecule has 0 atom stereocenters. The molecular formula is C19H22F3N3O4. The van der Waals surface area contributed by atoms with E-state index in [0.717, 1.165) is 0 Å². The van der Waals surface area contributed by atoms with E-state index >= 15 is 0 Å². The van der Waals surface area contributed by atoms with Crippen LogP contribution in [0, 0.1) is 0 Å². The van der Waals surface area contributed by atoms with E-state index < -0.39 is 17.7 Å². The molecule has 7 nitrogen and oxygen atoms in total. The van der Waals surface area contributed by atoms with E-state index in [1.807, 2.05) is 20.8 Å². The molecule has 1 aromatic carbocycles. The number of carbonyl (C=O) groups excluding carboxylic acids is 1. The maximum absolute atomic E-state index is 12.6. The van der Waals surface area contributed by atoms with Gasteiger partial charge in [0.05, 0.1) is 0 Å². The molecule has 0 aliphatic carbocycles. The fourth-order valence-electron chi connectivity index (χ4n) is 2.81. The molecule has 0 N–H and O–H groups in total. The highest BCUT2D eigenvalue weighted by molar-refractivity contribution is 5.68. The molecule has 1 aromatic heterocycles. The van der Waals surface area contributed by atoms with Crippen LogP contribution < -0.4 is 4.74 Å². The summed E-state index contributed by atoms with van der Waals surface area (Å²) in [6.07, 6.45) is -3.77. The molecule has 2 aromatic rings. The van der Waals surface area contributed by atoms with Gasteiger partial charge in [-0.2, -0.15) is 18.2 Å². The van der Waals surface area contributed by atoms with Gasteiger partial charge in [0.2, 0.25) is 5.82 Å². The molecule has 1 aliphatic rings. The Morgan fingerprint density at radius 2 is 1.76 bits per heavy atom. The smallest absolute Gasteiger partial charge is 0.471 e. The minimum Gasteiger partial charge on any atom is -0.490 e. The summed E-state index contributed by atoms with van der Waals surface area (Å²) < 4.78 is 53.2. The Bertz CT molecular complexity index is 836. The van der Waals surface area contributed by atoms with Crippen molar-refractivity contribution in [3.8, 4) is 17.1 Å². The third kappa shape index (κ3) is 5.61. The lowest BCUT2D eigenvalue weighted by atomic mass is 10.1. The van der Waals surface area contributed by atoms with Crippen molar-refractivity contribution in [1.82, 2.24) is 15.0 Å². The topological polar surface area (TPSA) is 77.7 Å². The Morgan fingerprint density at radius 1 is 1.14 bits per heavy atom. The number of benzene rings is 1. The average molecular weight is 413 g/mol. The highest BCUT2D eigenvalue weighted by Gasteiger charge is 2.38. The summed E-state index contributed by atoms with van der Waals surface area (Å²) in [5.74, 6) is -0.955. The van der Waals surface area contributed by atoms with E-state index in [4.69, 9.17) is 9.47 Å². The first kappa shape index (κ1) is 20.9. The van der Waals surface area contributed by atoms with Gasteiger partial charge in [0.1, 0.15) is 17.5 Å². The normalized spacial score (nSPS) is 16.0. The van der Waals surface area contributed by atoms with Crippen molar-refractivity contribution in [2.24, 2.45) is 0 Å². The monoisotopic (exact) mass is 413 g/mol. The number of nitrogens with zero attached hydrogens (tertiary/aromatic N) is 3. The number of aromatic nitrogens is 2. The number of halogens is 3. The minimum atomic E-state index is -4.68. The van der Waals surface area contributed by atoms with E-state index in [0.29, 0.717) is 37.2 Å². The zero-order valence-electron chi connectivity index (χ0n) is 16.3. The minimum absolute atomic E-state index is 0.0680. The number of amides is 1. The number of piperidine rings is 1. The molecule has 2 heterocycles. The number of hydrogen-bond donors (Lipinski definition) is 0. The lowest BCUT2D eigenvalue weighted by molar-refractivity contribution is -0.159. The molecule has 1 aliphatic heterocycles. The number of rotatable bonds is 3. The molecule has 1 saturated heterocycles. The van der Waals surface area contributed by atoms with Crippen LogP contribution >= 0.6 is 0 Å². The molecule has 0 saturated carbocycles. The summed E-state index contributed by atoms with van der Waals surface area (Å²) in [6, 6.07) is 6.41. The first-order valence-corrected chi connectivity index (χ1v) is 9.17. The van der Waals surface area contributed by atoms with E-state index in [2.05, 4.69) is 14.7 Å². The predicted molar refractivity (Wildman–Crippen MR) is 96.2 cm³/mol. The van der Waals surface area contributed by atoms with Gasteiger partial charge in [-0.05, 0) is 45.0 Å². The predicted octanol–water partition coefficient (Wildman–Crippen LogP) is 4.53. The Morgan fingerprint density at radius 3 is 2.28 bits per heavy atom. The van der Waals surface area contributed by atoms with Gasteiger partial charge in [0.15, 0.2) is 0 Å². The second-order valence-electron chi connectivity index (χ2n) is 7.73. The molecule has 1 fully saturated rings. The fourth-order valence-corrected chi connectivity index (χ4v) is 2.81. The number of likely N-dealkylation sites (tertiary alicyclic amines) is 1. The summed E-state index contributed by atoms with van der Waals surface area (Å²) in [7, 11) is 0. The lowest BCUT2D eigenvalue weighted by Gasteiger charge is -2.33. The maximum Gasteiger partial charge on any atom is 0.471 e. The van der Waals surface area contributed by atoms with Gasteiger partial charge >= 0.3 is 18.2 Å². The van der Waals surface area contributed by atoms with E-state index in [1.165, 1.54) is 0 Å². The number of carbonyl (C=O) groups is 1. The van der Waals surface area contributed by atoms with Crippen molar-refractivity contribution in [3.63, 3.8) is 0 Å². The molecular weight excluding hydrogens is 391 g/mol. The second kappa shape index (κ2) is 7.92. The Hall–Kier alpha value is -2.78. The highest BCUT2D eigenvalue weighted by atomic mass is 19.4. The van der Waals surface area contributed by atoms with Crippen LogP contribution in [0.1, 0.15) is 39.5 Å². The molecule has 29 heavy (non-hydrogen) atoms. The van der Waals surface area contributed by atoms with Crippen molar-refractivity contribution < 1.29 is 32.0 Å². The van der Waals surface area contributed by atoms with E-state index in [1.54, 1.807) is 29.2 Å². The third-order valence-electron chi connectivity index (χ3n) is 4.18. The van der Waals surface area contributed by atoms with E-state index in [9.17, 15) is 18.0 Å². The molecule has 3 rings (SSSR count). The molecule has 0 unspecified atom stereocenters. The van der Waals surface area contributed by atoms with Crippen molar-refractivity contribution in [3.05, 3.63) is 30.2 Å². The zero-order chi connectivity index (χ0) is 21.2. The molecule has 0 radical (unpaired) electrons. The molecule has 158 valence electrons. The van der Waals surface area contributed by atoms with Crippen LogP contribution in [0.5, 0.6) is 5.75 Å². The molecule has 0 bridgehead atoms. The second-order valence-corrected chi connectivity index (χ2v) is 7.73. The third-order valence-corrected chi connectivity index (χ3v) is 4.18. The number of alkyl halides is 3. The average Bonchev–Trinajstić information content (AvgIpc) is 3.12. The van der Waals surface area contributed by atoms with Crippen LogP contribution in [0.2, 0.25) is 0 Å². The van der Waals surface area contributed by atoms with Crippen molar-refractivity contribution in [1.29, 1.82) is 0 Å². The summed E-state index contributed by atoms with van der Waals surface area (Å²) in [5.41, 5.74) is -0.150. The van der Waals surface area contributed by atoms with Crippen LogP contribution in [-0.4, -0.2) is 45.9 Å². The van der Waals surface area contributed by atoms with Gasteiger partial charge in [0, 0.05) is 31.5 Å². The van der Waals surface area contributed by atoms with E-state index in [-0.39, 0.29) is 18.0 Å². The summed E-state index contributed by atoms with van der Waals surface area (Å²) in [4.78, 5) is 17.1. The largest absolute Gasteiger partial charge is 0.490 e. The number of hydrogen-bond acceptors (Lipinski definition) is 6. The van der Waals surface area contributed by atoms with Gasteiger partial charge in [-0.1, -0.05) is 5.16 Å². The Kier molecular flexibility index (Phi) is 5.72. The first-order valence-electron chi connectivity index (χ1n) is 9.17. The summed E-state index contributed by atoms with van der Waals surface area (Å²) >= 11 is 0. The standard InChI is InChI=1S/C19H22F3N3O4/c1-18(2,3)28-17(26)25-10-8-14(9-11-25)27-13-6-4-12(5-7-13)15-23-16(29-24-15)19(20,21)22/h4-7,14H,8-11H2,1-3H3. The molecule has 1 amide bonds. The molecule has 10 heteroatoms. The Balaban J connectivity index is 1.53. The Labute approximate surface area is 165 Å². The SMILES string of the molecule is CC(C)(C)OC(=O)N1CCC(Oc2ccc(-c3noc(C(F)(F)F)n3)cc2)CC1. The first-order chi connectivity index (χ1) is 13.5. The summed E-state index contributed by atoms with van der Waals surface area (Å²) in [6.45, 7) is 6.52. The van der Waals surface area contributed by atoms with Crippen LogP contribution in [0.15, 0.2) is 28.8 Å². The number of ether oxygens (including phenoxy) is 2. The quantitative estimate of drug-likeness (QED) is 0.736.